The summed E-state index contributed by atoms with van der Waals surface area (Å²) in [5.41, 5.74) is 9.47. The Bertz CT molecular complexity index is 1280. The number of hydrogen-bond acceptors (Lipinski definition) is 7. The normalized spacial score (nSPS) is 16.5. The van der Waals surface area contributed by atoms with E-state index >= 15 is 0 Å². The van der Waals surface area contributed by atoms with Crippen LogP contribution in [0.3, 0.4) is 0 Å². The molecule has 1 aliphatic rings. The van der Waals surface area contributed by atoms with E-state index in [4.69, 9.17) is 10.5 Å². The summed E-state index contributed by atoms with van der Waals surface area (Å²) in [5, 5.41) is 7.37. The Hall–Kier alpha value is -3.85. The van der Waals surface area contributed by atoms with E-state index in [9.17, 15) is 4.79 Å². The van der Waals surface area contributed by atoms with Crippen molar-refractivity contribution in [1.82, 2.24) is 24.9 Å². The Kier molecular flexibility index (Phi) is 5.01. The lowest BCUT2D eigenvalue weighted by Crippen LogP contribution is -2.32. The number of amides is 1. The van der Waals surface area contributed by atoms with E-state index in [0.29, 0.717) is 34.4 Å². The number of nitrogens with one attached hydrogen (secondary N) is 1. The first-order valence-corrected chi connectivity index (χ1v) is 10.1. The van der Waals surface area contributed by atoms with Gasteiger partial charge in [0, 0.05) is 19.3 Å². The third kappa shape index (κ3) is 3.71. The monoisotopic (exact) mass is 415 g/mol. The molecule has 4 aromatic rings. The van der Waals surface area contributed by atoms with Crippen LogP contribution in [0, 0.1) is 0 Å². The fourth-order valence-electron chi connectivity index (χ4n) is 3.66. The summed E-state index contributed by atoms with van der Waals surface area (Å²) < 4.78 is 7.03. The highest BCUT2D eigenvalue weighted by Gasteiger charge is 2.25. The van der Waals surface area contributed by atoms with Gasteiger partial charge in [-0.05, 0) is 37.1 Å². The number of anilines is 1. The average molecular weight is 415 g/mol. The third-order valence-electron chi connectivity index (χ3n) is 5.21. The standard InChI is InChI=1S/C22H21N7O2/c23-20-18(22(30)25-13-15-7-5-11-31-15)19-21(28-17-9-2-1-8-16(17)27-19)29(20)26-12-14-6-3-4-10-24-14/h1-4,6,8-10,12,15H,5,7,11,13,23H2,(H,25,30). The maximum absolute atomic E-state index is 13.1. The van der Waals surface area contributed by atoms with Crippen molar-refractivity contribution in [2.45, 2.75) is 18.9 Å². The fraction of sp³-hybridized carbons (Fsp3) is 0.227. The molecular formula is C22H21N7O2. The number of carbonyl (C=O) groups is 1. The Morgan fingerprint density at radius 1 is 1.23 bits per heavy atom. The zero-order valence-corrected chi connectivity index (χ0v) is 16.7. The number of aromatic nitrogens is 4. The first-order valence-electron chi connectivity index (χ1n) is 10.1. The second-order valence-corrected chi connectivity index (χ2v) is 7.30. The number of pyridine rings is 1. The van der Waals surface area contributed by atoms with E-state index in [2.05, 4.69) is 25.4 Å². The number of hydrogen-bond donors (Lipinski definition) is 2. The molecule has 0 radical (unpaired) electrons. The van der Waals surface area contributed by atoms with E-state index < -0.39 is 0 Å². The van der Waals surface area contributed by atoms with Crippen molar-refractivity contribution in [2.24, 2.45) is 5.10 Å². The highest BCUT2D eigenvalue weighted by Crippen LogP contribution is 2.28. The number of ether oxygens (including phenoxy) is 1. The molecule has 3 N–H and O–H groups in total. The Labute approximate surface area is 178 Å². The van der Waals surface area contributed by atoms with Gasteiger partial charge < -0.3 is 15.8 Å². The van der Waals surface area contributed by atoms with Gasteiger partial charge in [0.1, 0.15) is 16.9 Å². The van der Waals surface area contributed by atoms with Gasteiger partial charge in [0.15, 0.2) is 5.65 Å². The lowest BCUT2D eigenvalue weighted by Gasteiger charge is -2.10. The van der Waals surface area contributed by atoms with E-state index in [0.717, 1.165) is 19.4 Å². The summed E-state index contributed by atoms with van der Waals surface area (Å²) in [4.78, 5) is 26.6. The van der Waals surface area contributed by atoms with Crippen LogP contribution in [0.1, 0.15) is 28.9 Å². The molecule has 5 rings (SSSR count). The Balaban J connectivity index is 1.59. The van der Waals surface area contributed by atoms with Crippen LogP contribution in [-0.2, 0) is 4.74 Å². The number of para-hydroxylation sites is 2. The van der Waals surface area contributed by atoms with Crippen molar-refractivity contribution in [3.63, 3.8) is 0 Å². The summed E-state index contributed by atoms with van der Waals surface area (Å²) >= 11 is 0. The number of rotatable bonds is 5. The molecule has 1 unspecified atom stereocenters. The number of benzene rings is 1. The molecular weight excluding hydrogens is 394 g/mol. The molecule has 1 saturated heterocycles. The van der Waals surface area contributed by atoms with Crippen LogP contribution in [0.2, 0.25) is 0 Å². The number of fused-ring (bicyclic) bond motifs is 2. The summed E-state index contributed by atoms with van der Waals surface area (Å²) in [5.74, 6) is -0.156. The van der Waals surface area contributed by atoms with Gasteiger partial charge in [0.25, 0.3) is 5.91 Å². The highest BCUT2D eigenvalue weighted by molar-refractivity contribution is 6.10. The molecule has 156 valence electrons. The number of carbonyl (C=O) groups excluding carboxylic acids is 1. The van der Waals surface area contributed by atoms with Crippen LogP contribution in [-0.4, -0.2) is 51.0 Å². The molecule has 9 nitrogen and oxygen atoms in total. The van der Waals surface area contributed by atoms with Crippen LogP contribution in [0.4, 0.5) is 5.82 Å². The van der Waals surface area contributed by atoms with Crippen molar-refractivity contribution in [3.05, 3.63) is 59.9 Å². The second-order valence-electron chi connectivity index (χ2n) is 7.30. The number of nitrogens with two attached hydrogens (primary N) is 1. The molecule has 3 aromatic heterocycles. The Morgan fingerprint density at radius 2 is 2.03 bits per heavy atom. The van der Waals surface area contributed by atoms with Gasteiger partial charge in [-0.25, -0.2) is 9.97 Å². The summed E-state index contributed by atoms with van der Waals surface area (Å²) in [6, 6.07) is 13.0. The van der Waals surface area contributed by atoms with E-state index in [-0.39, 0.29) is 23.4 Å². The molecule has 0 bridgehead atoms. The number of nitrogens with zero attached hydrogens (tertiary/aromatic N) is 5. The molecule has 1 amide bonds. The Morgan fingerprint density at radius 3 is 2.77 bits per heavy atom. The van der Waals surface area contributed by atoms with Crippen LogP contribution < -0.4 is 11.1 Å². The van der Waals surface area contributed by atoms with Crippen LogP contribution in [0.15, 0.2) is 53.8 Å². The van der Waals surface area contributed by atoms with Crippen molar-refractivity contribution in [2.75, 3.05) is 18.9 Å². The van der Waals surface area contributed by atoms with Gasteiger partial charge >= 0.3 is 0 Å². The summed E-state index contributed by atoms with van der Waals surface area (Å²) in [6.07, 6.45) is 5.20. The van der Waals surface area contributed by atoms with Crippen molar-refractivity contribution in [3.8, 4) is 0 Å². The van der Waals surface area contributed by atoms with Crippen LogP contribution in [0.25, 0.3) is 22.2 Å². The second kappa shape index (κ2) is 8.11. The molecule has 1 aliphatic heterocycles. The smallest absolute Gasteiger partial charge is 0.257 e. The molecule has 0 aliphatic carbocycles. The van der Waals surface area contributed by atoms with Gasteiger partial charge in [0.2, 0.25) is 0 Å². The van der Waals surface area contributed by atoms with Crippen molar-refractivity contribution < 1.29 is 9.53 Å². The third-order valence-corrected chi connectivity index (χ3v) is 5.21. The van der Waals surface area contributed by atoms with E-state index in [1.165, 1.54) is 4.68 Å². The molecule has 1 fully saturated rings. The van der Waals surface area contributed by atoms with Crippen molar-refractivity contribution in [1.29, 1.82) is 0 Å². The summed E-state index contributed by atoms with van der Waals surface area (Å²) in [7, 11) is 0. The summed E-state index contributed by atoms with van der Waals surface area (Å²) in [6.45, 7) is 1.14. The average Bonchev–Trinajstić information content (AvgIpc) is 3.41. The molecule has 31 heavy (non-hydrogen) atoms. The zero-order valence-electron chi connectivity index (χ0n) is 16.7. The van der Waals surface area contributed by atoms with Gasteiger partial charge in [-0.3, -0.25) is 9.78 Å². The molecule has 1 atom stereocenters. The van der Waals surface area contributed by atoms with E-state index in [1.54, 1.807) is 12.4 Å². The topological polar surface area (TPSA) is 120 Å². The molecule has 1 aromatic carbocycles. The maximum Gasteiger partial charge on any atom is 0.257 e. The van der Waals surface area contributed by atoms with Crippen LogP contribution in [0.5, 0.6) is 0 Å². The highest BCUT2D eigenvalue weighted by atomic mass is 16.5. The quantitative estimate of drug-likeness (QED) is 0.483. The zero-order chi connectivity index (χ0) is 21.2. The first kappa shape index (κ1) is 19.1. The fourth-order valence-corrected chi connectivity index (χ4v) is 3.66. The van der Waals surface area contributed by atoms with Gasteiger partial charge in [-0.2, -0.15) is 9.78 Å². The minimum Gasteiger partial charge on any atom is -0.383 e. The van der Waals surface area contributed by atoms with Gasteiger partial charge in [0.05, 0.1) is 29.0 Å². The SMILES string of the molecule is Nc1c(C(=O)NCC2CCCO2)c2nc3ccccc3nc2n1N=Cc1ccccn1. The van der Waals surface area contributed by atoms with Crippen LogP contribution >= 0.6 is 0 Å². The minimum atomic E-state index is -0.325. The first-order chi connectivity index (χ1) is 15.2. The largest absolute Gasteiger partial charge is 0.383 e. The molecule has 0 spiro atoms. The van der Waals surface area contributed by atoms with Gasteiger partial charge in [-0.15, -0.1) is 0 Å². The molecule has 9 heteroatoms. The maximum atomic E-state index is 13.1. The lowest BCUT2D eigenvalue weighted by atomic mass is 10.2. The van der Waals surface area contributed by atoms with E-state index in [1.807, 2.05) is 42.5 Å². The lowest BCUT2D eigenvalue weighted by molar-refractivity contribution is 0.0859. The van der Waals surface area contributed by atoms with Gasteiger partial charge in [-0.1, -0.05) is 18.2 Å². The van der Waals surface area contributed by atoms with Crippen molar-refractivity contribution >= 4 is 40.1 Å². The predicted octanol–water partition coefficient (Wildman–Crippen LogP) is 2.35. The number of nitrogen functional groups attached to an aromatic ring is 1. The molecule has 4 heterocycles. The minimum absolute atomic E-state index is 0.0209. The molecule has 0 saturated carbocycles. The predicted molar refractivity (Wildman–Crippen MR) is 118 cm³/mol.